The van der Waals surface area contributed by atoms with Crippen LogP contribution in [-0.4, -0.2) is 76.3 Å². The molecule has 7 aliphatic rings. The van der Waals surface area contributed by atoms with Crippen molar-refractivity contribution in [3.8, 4) is 71.0 Å². The molecule has 0 atom stereocenters. The first-order valence-corrected chi connectivity index (χ1v) is 12.9. The van der Waals surface area contributed by atoms with Gasteiger partial charge in [0.25, 0.3) is 0 Å². The van der Waals surface area contributed by atoms with Crippen LogP contribution in [0.4, 0.5) is 0 Å². The fourth-order valence-corrected chi connectivity index (χ4v) is 4.22. The van der Waals surface area contributed by atoms with Crippen molar-refractivity contribution >= 4 is 0 Å². The van der Waals surface area contributed by atoms with Gasteiger partial charge in [0.2, 0.25) is 0 Å². The zero-order chi connectivity index (χ0) is 30.2. The Balaban J connectivity index is 1.83. The van der Waals surface area contributed by atoms with Crippen molar-refractivity contribution in [2.24, 2.45) is 0 Å². The van der Waals surface area contributed by atoms with Gasteiger partial charge in [-0.15, -0.1) is 0 Å². The number of hydrogen-bond acceptors (Lipinski definition) is 6. The summed E-state index contributed by atoms with van der Waals surface area (Å²) in [5.74, 6) is 35.6. The molecule has 210 valence electrons. The molecule has 0 radical (unpaired) electrons. The Morgan fingerprint density at radius 3 is 0.476 bits per heavy atom. The van der Waals surface area contributed by atoms with Gasteiger partial charge in [-0.05, 0) is 144 Å². The molecule has 0 aliphatic heterocycles. The molecule has 0 aromatic rings. The fraction of sp³-hybridized carbons (Fsp3) is 0.333. The zero-order valence-corrected chi connectivity index (χ0v) is 24.4. The van der Waals surface area contributed by atoms with Crippen molar-refractivity contribution in [3.63, 3.8) is 0 Å². The van der Waals surface area contributed by atoms with Gasteiger partial charge in [-0.2, -0.15) is 0 Å². The van der Waals surface area contributed by atoms with Crippen molar-refractivity contribution in [1.82, 2.24) is 0 Å². The molecule has 0 aromatic heterocycles. The van der Waals surface area contributed by atoms with Gasteiger partial charge in [0.05, 0.1) is 0 Å². The maximum absolute atomic E-state index is 5.70. The fourth-order valence-electron chi connectivity index (χ4n) is 4.22. The average Bonchev–Trinajstić information content (AvgIpc) is 3.05. The Labute approximate surface area is 248 Å². The monoisotopic (exact) mass is 558 g/mol. The highest BCUT2D eigenvalue weighted by Crippen LogP contribution is 2.29. The van der Waals surface area contributed by atoms with Crippen LogP contribution in [0.25, 0.3) is 0 Å². The Morgan fingerprint density at radius 2 is 0.381 bits per heavy atom. The van der Waals surface area contributed by atoms with Crippen molar-refractivity contribution in [1.29, 1.82) is 0 Å². The highest BCUT2D eigenvalue weighted by atomic mass is 16.5. The largest absolute Gasteiger partial charge is 0.358 e. The van der Waals surface area contributed by atoms with Crippen LogP contribution in [0.5, 0.6) is 0 Å². The molecule has 0 saturated heterocycles. The third-order valence-electron chi connectivity index (χ3n) is 7.23. The van der Waals surface area contributed by atoms with Crippen LogP contribution in [0.3, 0.4) is 0 Å². The molecule has 6 heteroatoms. The van der Waals surface area contributed by atoms with E-state index < -0.39 is 33.6 Å². The first-order valence-electron chi connectivity index (χ1n) is 12.9. The summed E-state index contributed by atoms with van der Waals surface area (Å²) in [6.45, 7) is 0. The maximum atomic E-state index is 5.70. The van der Waals surface area contributed by atoms with E-state index in [1.807, 2.05) is 0 Å². The van der Waals surface area contributed by atoms with Crippen molar-refractivity contribution in [2.75, 3.05) is 42.7 Å². The molecular formula is C36H30O6. The SMILES string of the molecule is COC12C#CC#CC3(OC)C=CC(OC)(C#CC#CC4(OC)C=CC(OC)(C#CC#CC(OC)(C=C1)C=C2)C=C4)C=C3. The van der Waals surface area contributed by atoms with Crippen molar-refractivity contribution < 1.29 is 28.4 Å². The second-order valence-electron chi connectivity index (χ2n) is 9.48. The minimum absolute atomic E-state index is 1.01. The van der Waals surface area contributed by atoms with E-state index in [1.165, 1.54) is 0 Å². The summed E-state index contributed by atoms with van der Waals surface area (Å²) >= 11 is 0. The summed E-state index contributed by atoms with van der Waals surface area (Å²) in [6.07, 6.45) is 21.3. The van der Waals surface area contributed by atoms with Crippen LogP contribution in [-0.2, 0) is 28.4 Å². The predicted octanol–water partition coefficient (Wildman–Crippen LogP) is 2.71. The first kappa shape index (κ1) is 30.5. The van der Waals surface area contributed by atoms with Crippen LogP contribution < -0.4 is 0 Å². The van der Waals surface area contributed by atoms with Gasteiger partial charge in [-0.1, -0.05) is 0 Å². The minimum atomic E-state index is -1.01. The molecule has 0 amide bonds. The third kappa shape index (κ3) is 6.23. The van der Waals surface area contributed by atoms with E-state index in [0.29, 0.717) is 0 Å². The molecule has 0 N–H and O–H groups in total. The van der Waals surface area contributed by atoms with Gasteiger partial charge < -0.3 is 28.4 Å². The molecule has 0 heterocycles. The Bertz CT molecular complexity index is 1300. The topological polar surface area (TPSA) is 55.4 Å². The molecular weight excluding hydrogens is 528 g/mol. The van der Waals surface area contributed by atoms with Gasteiger partial charge in [0.15, 0.2) is 33.6 Å². The van der Waals surface area contributed by atoms with E-state index in [2.05, 4.69) is 71.0 Å². The van der Waals surface area contributed by atoms with Gasteiger partial charge >= 0.3 is 0 Å². The van der Waals surface area contributed by atoms with Crippen LogP contribution in [0, 0.1) is 71.0 Å². The summed E-state index contributed by atoms with van der Waals surface area (Å²) in [7, 11) is 9.39. The quantitative estimate of drug-likeness (QED) is 0.369. The molecule has 7 rings (SSSR count). The average molecular weight is 559 g/mol. The number of methoxy groups -OCH3 is 6. The third-order valence-corrected chi connectivity index (χ3v) is 7.23. The standard InChI is InChI=1S/C36H30O6/c1-37-31-13-7-8-14-33(39-3)23-25-35(41-5,26-24-33)17-11-12-18-36(42-6)29-27-34(40-4,28-30-36)16-10-9-15-32(38-2,21-19-31)22-20-31/h19-30H,1-6H3. The van der Waals surface area contributed by atoms with Gasteiger partial charge in [0, 0.05) is 42.7 Å². The molecule has 0 spiro atoms. The normalized spacial score (nSPS) is 36.4. The Hall–Kier alpha value is -4.44. The lowest BCUT2D eigenvalue weighted by atomic mass is 9.88. The van der Waals surface area contributed by atoms with E-state index in [9.17, 15) is 0 Å². The van der Waals surface area contributed by atoms with Gasteiger partial charge in [-0.25, -0.2) is 0 Å². The Kier molecular flexibility index (Phi) is 8.86. The van der Waals surface area contributed by atoms with E-state index in [4.69, 9.17) is 28.4 Å². The molecule has 0 saturated carbocycles. The van der Waals surface area contributed by atoms with E-state index in [1.54, 1.807) is 116 Å². The summed E-state index contributed by atoms with van der Waals surface area (Å²) < 4.78 is 34.2. The molecule has 42 heavy (non-hydrogen) atoms. The lowest BCUT2D eigenvalue weighted by Gasteiger charge is -2.29. The molecule has 6 bridgehead atoms. The van der Waals surface area contributed by atoms with Crippen LogP contribution in [0.1, 0.15) is 0 Å². The second-order valence-corrected chi connectivity index (χ2v) is 9.48. The molecule has 6 nitrogen and oxygen atoms in total. The van der Waals surface area contributed by atoms with Crippen LogP contribution in [0.15, 0.2) is 72.9 Å². The van der Waals surface area contributed by atoms with Gasteiger partial charge in [-0.3, -0.25) is 0 Å². The van der Waals surface area contributed by atoms with E-state index >= 15 is 0 Å². The highest BCUT2D eigenvalue weighted by Gasteiger charge is 2.34. The minimum Gasteiger partial charge on any atom is -0.358 e. The lowest BCUT2D eigenvalue weighted by Crippen LogP contribution is -2.35. The highest BCUT2D eigenvalue weighted by molar-refractivity contribution is 5.52. The second kappa shape index (κ2) is 12.2. The van der Waals surface area contributed by atoms with Gasteiger partial charge in [0.1, 0.15) is 0 Å². The molecule has 7 aliphatic carbocycles. The van der Waals surface area contributed by atoms with Crippen molar-refractivity contribution in [2.45, 2.75) is 33.6 Å². The van der Waals surface area contributed by atoms with E-state index in [0.717, 1.165) is 0 Å². The Morgan fingerprint density at radius 1 is 0.262 bits per heavy atom. The molecule has 0 fully saturated rings. The summed E-state index contributed by atoms with van der Waals surface area (Å²) in [5.41, 5.74) is -6.06. The van der Waals surface area contributed by atoms with Crippen molar-refractivity contribution in [3.05, 3.63) is 72.9 Å². The molecule has 0 aromatic carbocycles. The van der Waals surface area contributed by atoms with E-state index in [-0.39, 0.29) is 0 Å². The summed E-state index contributed by atoms with van der Waals surface area (Å²) in [4.78, 5) is 0. The smallest absolute Gasteiger partial charge is 0.166 e. The number of hydrogen-bond donors (Lipinski definition) is 0. The zero-order valence-electron chi connectivity index (χ0n) is 24.4. The number of rotatable bonds is 6. The predicted molar refractivity (Wildman–Crippen MR) is 160 cm³/mol. The summed E-state index contributed by atoms with van der Waals surface area (Å²) in [6, 6.07) is 0. The first-order chi connectivity index (χ1) is 20.2. The lowest BCUT2D eigenvalue weighted by molar-refractivity contribution is 0.0950. The van der Waals surface area contributed by atoms with Crippen LogP contribution in [0.2, 0.25) is 0 Å². The summed E-state index contributed by atoms with van der Waals surface area (Å²) in [5, 5.41) is 0. The maximum Gasteiger partial charge on any atom is 0.166 e. The molecule has 0 unspecified atom stereocenters. The number of ether oxygens (including phenoxy) is 6. The van der Waals surface area contributed by atoms with Crippen LogP contribution >= 0.6 is 0 Å².